The lowest BCUT2D eigenvalue weighted by Gasteiger charge is -2.00. The van der Waals surface area contributed by atoms with Crippen molar-refractivity contribution in [3.05, 3.63) is 35.4 Å². The van der Waals surface area contributed by atoms with Gasteiger partial charge < -0.3 is 15.9 Å². The van der Waals surface area contributed by atoms with Gasteiger partial charge in [-0.25, -0.2) is 4.79 Å². The van der Waals surface area contributed by atoms with Crippen molar-refractivity contribution in [3.63, 3.8) is 0 Å². The van der Waals surface area contributed by atoms with Gasteiger partial charge in [-0.2, -0.15) is 0 Å². The molecule has 4 N–H and O–H groups in total. The zero-order valence-electron chi connectivity index (χ0n) is 7.68. The molecule has 0 unspecified atom stereocenters. The number of benzene rings is 1. The molecule has 0 radical (unpaired) electrons. The predicted molar refractivity (Wildman–Crippen MR) is 53.3 cm³/mol. The maximum Gasteiger partial charge on any atom is 0.328 e. The van der Waals surface area contributed by atoms with Crippen LogP contribution in [-0.2, 0) is 4.79 Å². The summed E-state index contributed by atoms with van der Waals surface area (Å²) >= 11 is 0. The summed E-state index contributed by atoms with van der Waals surface area (Å²) in [6.07, 6.45) is 2.23. The number of phenols is 1. The second kappa shape index (κ2) is 4.28. The first kappa shape index (κ1) is 10.8. The van der Waals surface area contributed by atoms with Crippen molar-refractivity contribution in [2.24, 2.45) is 5.73 Å². The van der Waals surface area contributed by atoms with Crippen LogP contribution in [0.2, 0.25) is 0 Å². The first-order valence-electron chi connectivity index (χ1n) is 4.04. The van der Waals surface area contributed by atoms with Crippen molar-refractivity contribution < 1.29 is 19.8 Å². The normalized spacial score (nSPS) is 10.4. The molecule has 0 saturated carbocycles. The minimum Gasteiger partial charge on any atom is -0.507 e. The van der Waals surface area contributed by atoms with Gasteiger partial charge in [0.25, 0.3) is 5.91 Å². The van der Waals surface area contributed by atoms with Gasteiger partial charge in [-0.05, 0) is 23.8 Å². The van der Waals surface area contributed by atoms with Crippen molar-refractivity contribution >= 4 is 18.0 Å². The Morgan fingerprint density at radius 1 is 1.33 bits per heavy atom. The molecule has 1 aromatic rings. The lowest BCUT2D eigenvalue weighted by Crippen LogP contribution is -2.10. The zero-order valence-corrected chi connectivity index (χ0v) is 7.68. The molecule has 0 heterocycles. The van der Waals surface area contributed by atoms with E-state index in [4.69, 9.17) is 10.8 Å². The number of hydrogen-bond acceptors (Lipinski definition) is 3. The highest BCUT2D eigenvalue weighted by Crippen LogP contribution is 2.18. The number of nitrogens with two attached hydrogens (primary N) is 1. The highest BCUT2D eigenvalue weighted by atomic mass is 16.4. The Bertz CT molecular complexity index is 437. The van der Waals surface area contributed by atoms with Crippen LogP contribution >= 0.6 is 0 Å². The number of carbonyl (C=O) groups is 2. The Morgan fingerprint density at radius 2 is 2.00 bits per heavy atom. The maximum absolute atomic E-state index is 10.7. The summed E-state index contributed by atoms with van der Waals surface area (Å²) < 4.78 is 0. The third-order valence-electron chi connectivity index (χ3n) is 1.71. The fraction of sp³-hybridized carbons (Fsp3) is 0. The molecule has 0 aromatic heterocycles. The van der Waals surface area contributed by atoms with E-state index in [-0.39, 0.29) is 11.3 Å². The smallest absolute Gasteiger partial charge is 0.328 e. The van der Waals surface area contributed by atoms with Gasteiger partial charge in [0.1, 0.15) is 5.75 Å². The standard InChI is InChI=1S/C10H9NO4/c11-10(15)7-3-1-6(5-8(7)12)2-4-9(13)14/h1-5,12H,(H2,11,15)(H,13,14)/b4-2+. The number of carbonyl (C=O) groups excluding carboxylic acids is 1. The van der Waals surface area contributed by atoms with Crippen LogP contribution in [0.1, 0.15) is 15.9 Å². The van der Waals surface area contributed by atoms with E-state index < -0.39 is 11.9 Å². The molecule has 1 aromatic carbocycles. The summed E-state index contributed by atoms with van der Waals surface area (Å²) in [5.41, 5.74) is 5.45. The molecular formula is C10H9NO4. The van der Waals surface area contributed by atoms with E-state index in [2.05, 4.69) is 0 Å². The lowest BCUT2D eigenvalue weighted by atomic mass is 10.1. The Balaban J connectivity index is 3.01. The molecule has 0 aliphatic heterocycles. The van der Waals surface area contributed by atoms with Gasteiger partial charge in [0.05, 0.1) is 5.56 Å². The number of rotatable bonds is 3. The van der Waals surface area contributed by atoms with Gasteiger partial charge in [-0.1, -0.05) is 6.07 Å². The number of aromatic hydroxyl groups is 1. The van der Waals surface area contributed by atoms with Crippen LogP contribution in [0, 0.1) is 0 Å². The Morgan fingerprint density at radius 3 is 2.47 bits per heavy atom. The summed E-state index contributed by atoms with van der Waals surface area (Å²) in [4.78, 5) is 21.0. The lowest BCUT2D eigenvalue weighted by molar-refractivity contribution is -0.131. The molecular weight excluding hydrogens is 198 g/mol. The van der Waals surface area contributed by atoms with Crippen LogP contribution in [-0.4, -0.2) is 22.1 Å². The van der Waals surface area contributed by atoms with E-state index in [1.807, 2.05) is 0 Å². The molecule has 0 saturated heterocycles. The van der Waals surface area contributed by atoms with Gasteiger partial charge in [0.2, 0.25) is 0 Å². The van der Waals surface area contributed by atoms with E-state index in [1.54, 1.807) is 0 Å². The average molecular weight is 207 g/mol. The molecule has 0 atom stereocenters. The van der Waals surface area contributed by atoms with Crippen LogP contribution in [0.4, 0.5) is 0 Å². The van der Waals surface area contributed by atoms with Gasteiger partial charge in [0.15, 0.2) is 0 Å². The molecule has 0 bridgehead atoms. The van der Waals surface area contributed by atoms with Crippen LogP contribution in [0.25, 0.3) is 6.08 Å². The monoisotopic (exact) mass is 207 g/mol. The van der Waals surface area contributed by atoms with Crippen molar-refractivity contribution in [1.82, 2.24) is 0 Å². The van der Waals surface area contributed by atoms with Gasteiger partial charge in [-0.3, -0.25) is 4.79 Å². The minimum atomic E-state index is -1.09. The summed E-state index contributed by atoms with van der Waals surface area (Å²) in [7, 11) is 0. The highest BCUT2D eigenvalue weighted by Gasteiger charge is 2.06. The Hall–Kier alpha value is -2.30. The third kappa shape index (κ3) is 2.84. The fourth-order valence-corrected chi connectivity index (χ4v) is 1.03. The van der Waals surface area contributed by atoms with Crippen molar-refractivity contribution in [1.29, 1.82) is 0 Å². The molecule has 0 fully saturated rings. The van der Waals surface area contributed by atoms with Crippen LogP contribution in [0.15, 0.2) is 24.3 Å². The summed E-state index contributed by atoms with van der Waals surface area (Å²) in [5, 5.41) is 17.7. The van der Waals surface area contributed by atoms with Gasteiger partial charge in [-0.15, -0.1) is 0 Å². The number of carboxylic acids is 1. The largest absolute Gasteiger partial charge is 0.507 e. The Kier molecular flexibility index (Phi) is 3.07. The molecule has 5 nitrogen and oxygen atoms in total. The number of carboxylic acid groups (broad SMARTS) is 1. The van der Waals surface area contributed by atoms with Crippen LogP contribution in [0.5, 0.6) is 5.75 Å². The zero-order chi connectivity index (χ0) is 11.4. The molecule has 0 spiro atoms. The topological polar surface area (TPSA) is 101 Å². The molecule has 0 aliphatic carbocycles. The Labute approximate surface area is 85.5 Å². The quantitative estimate of drug-likeness (QED) is 0.631. The first-order chi connectivity index (χ1) is 7.00. The molecule has 15 heavy (non-hydrogen) atoms. The predicted octanol–water partition coefficient (Wildman–Crippen LogP) is 0.589. The SMILES string of the molecule is NC(=O)c1ccc(/C=C/C(=O)O)cc1O. The summed E-state index contributed by atoms with van der Waals surface area (Å²) in [5.74, 6) is -2.09. The minimum absolute atomic E-state index is 0.00229. The van der Waals surface area contributed by atoms with E-state index in [0.717, 1.165) is 6.08 Å². The maximum atomic E-state index is 10.7. The van der Waals surface area contributed by atoms with Crippen molar-refractivity contribution in [3.8, 4) is 5.75 Å². The van der Waals surface area contributed by atoms with Gasteiger partial charge >= 0.3 is 5.97 Å². The first-order valence-corrected chi connectivity index (χ1v) is 4.04. The van der Waals surface area contributed by atoms with Crippen LogP contribution in [0.3, 0.4) is 0 Å². The molecule has 5 heteroatoms. The second-order valence-electron chi connectivity index (χ2n) is 2.81. The third-order valence-corrected chi connectivity index (χ3v) is 1.71. The number of hydrogen-bond donors (Lipinski definition) is 3. The van der Waals surface area contributed by atoms with Crippen molar-refractivity contribution in [2.75, 3.05) is 0 Å². The average Bonchev–Trinajstić information content (AvgIpc) is 2.14. The molecule has 78 valence electrons. The molecule has 1 amide bonds. The van der Waals surface area contributed by atoms with E-state index >= 15 is 0 Å². The second-order valence-corrected chi connectivity index (χ2v) is 2.81. The fourth-order valence-electron chi connectivity index (χ4n) is 1.03. The van der Waals surface area contributed by atoms with Gasteiger partial charge in [0, 0.05) is 6.08 Å². The van der Waals surface area contributed by atoms with E-state index in [0.29, 0.717) is 5.56 Å². The van der Waals surface area contributed by atoms with Crippen molar-refractivity contribution in [2.45, 2.75) is 0 Å². The summed E-state index contributed by atoms with van der Waals surface area (Å²) in [6, 6.07) is 4.08. The number of primary amides is 1. The number of amides is 1. The molecule has 0 aliphatic rings. The van der Waals surface area contributed by atoms with Crippen LogP contribution < -0.4 is 5.73 Å². The van der Waals surface area contributed by atoms with E-state index in [9.17, 15) is 14.7 Å². The molecule has 1 rings (SSSR count). The highest BCUT2D eigenvalue weighted by molar-refractivity contribution is 5.96. The summed E-state index contributed by atoms with van der Waals surface area (Å²) in [6.45, 7) is 0. The number of aliphatic carboxylic acids is 1. The van der Waals surface area contributed by atoms with E-state index in [1.165, 1.54) is 24.3 Å².